The van der Waals surface area contributed by atoms with E-state index in [4.69, 9.17) is 29.0 Å². The number of carbonyl (C=O) groups excluding carboxylic acids is 1. The molecule has 0 amide bonds. The van der Waals surface area contributed by atoms with Gasteiger partial charge < -0.3 is 29.8 Å². The first-order valence-electron chi connectivity index (χ1n) is 12.4. The van der Waals surface area contributed by atoms with E-state index < -0.39 is 14.3 Å². The van der Waals surface area contributed by atoms with Gasteiger partial charge in [0.1, 0.15) is 25.5 Å². The summed E-state index contributed by atoms with van der Waals surface area (Å²) < 4.78 is 41.1. The fraction of sp³-hybridized carbons (Fsp3) is 0.440. The average Bonchev–Trinajstić information content (AvgIpc) is 3.40. The molecular weight excluding hydrogens is 527 g/mol. The number of carbonyl (C=O) groups is 1. The van der Waals surface area contributed by atoms with E-state index in [9.17, 15) is 9.36 Å². The van der Waals surface area contributed by atoms with Crippen LogP contribution < -0.4 is 20.3 Å². The highest BCUT2D eigenvalue weighted by Gasteiger charge is 2.26. The number of esters is 1. The lowest BCUT2D eigenvalue weighted by atomic mass is 10.2. The smallest absolute Gasteiger partial charge is 0.480 e. The van der Waals surface area contributed by atoms with E-state index in [1.807, 2.05) is 13.8 Å². The molecule has 2 unspecified atom stereocenters. The summed E-state index contributed by atoms with van der Waals surface area (Å²) >= 11 is 0. The number of rotatable bonds is 16. The summed E-state index contributed by atoms with van der Waals surface area (Å²) in [5.41, 5.74) is 7.27. The van der Waals surface area contributed by atoms with Gasteiger partial charge in [0.2, 0.25) is 17.6 Å². The van der Waals surface area contributed by atoms with Crippen molar-refractivity contribution < 1.29 is 32.6 Å². The second-order valence-corrected chi connectivity index (χ2v) is 9.24. The number of aromatic nitrogens is 4. The molecule has 14 heteroatoms. The molecular formula is C25H34N6O7P+. The quantitative estimate of drug-likeness (QED) is 0.146. The number of methoxy groups -OCH3 is 1. The molecule has 0 aliphatic carbocycles. The summed E-state index contributed by atoms with van der Waals surface area (Å²) in [6.07, 6.45) is 6.22. The van der Waals surface area contributed by atoms with Gasteiger partial charge in [-0.05, 0) is 31.9 Å². The van der Waals surface area contributed by atoms with Crippen molar-refractivity contribution in [3.63, 3.8) is 0 Å². The number of nitrogens with two attached hydrogens (primary N) is 1. The summed E-state index contributed by atoms with van der Waals surface area (Å²) in [5, 5.41) is 3.05. The lowest BCUT2D eigenvalue weighted by Gasteiger charge is -2.19. The maximum atomic E-state index is 12.4. The predicted octanol–water partition coefficient (Wildman–Crippen LogP) is 4.19. The third-order valence-electron chi connectivity index (χ3n) is 5.52. The molecule has 0 saturated heterocycles. The predicted molar refractivity (Wildman–Crippen MR) is 144 cm³/mol. The second-order valence-electron chi connectivity index (χ2n) is 8.35. The van der Waals surface area contributed by atoms with Crippen LogP contribution in [-0.4, -0.2) is 58.0 Å². The van der Waals surface area contributed by atoms with Crippen LogP contribution in [0.15, 0.2) is 43.0 Å². The van der Waals surface area contributed by atoms with Gasteiger partial charge in [-0.2, -0.15) is 4.98 Å². The van der Waals surface area contributed by atoms with Crippen LogP contribution in [0.25, 0.3) is 11.3 Å². The molecule has 1 aromatic carbocycles. The van der Waals surface area contributed by atoms with Gasteiger partial charge in [0.05, 0.1) is 37.0 Å². The number of anilines is 2. The first kappa shape index (κ1) is 29.8. The summed E-state index contributed by atoms with van der Waals surface area (Å²) in [7, 11) is -0.994. The minimum Gasteiger partial charge on any atom is -0.480 e. The Labute approximate surface area is 228 Å². The fourth-order valence-electron chi connectivity index (χ4n) is 3.41. The largest absolute Gasteiger partial charge is 0.750 e. The Morgan fingerprint density at radius 1 is 1.18 bits per heavy atom. The fourth-order valence-corrected chi connectivity index (χ4v) is 4.00. The zero-order valence-electron chi connectivity index (χ0n) is 22.4. The molecule has 0 bridgehead atoms. The summed E-state index contributed by atoms with van der Waals surface area (Å²) in [6, 6.07) is 6.22. The lowest BCUT2D eigenvalue weighted by Crippen LogP contribution is -2.31. The molecule has 0 spiro atoms. The van der Waals surface area contributed by atoms with Crippen molar-refractivity contribution in [1.82, 2.24) is 19.5 Å². The molecule has 39 heavy (non-hydrogen) atoms. The molecule has 2 atom stereocenters. The number of ether oxygens (including phenoxy) is 3. The Kier molecular flexibility index (Phi) is 11.4. The zero-order valence-corrected chi connectivity index (χ0v) is 23.3. The molecule has 2 heterocycles. The van der Waals surface area contributed by atoms with E-state index in [1.165, 1.54) is 13.3 Å². The number of hydrogen-bond donors (Lipinski definition) is 2. The molecule has 0 saturated carbocycles. The number of nitrogens with one attached hydrogen (secondary N) is 1. The highest BCUT2D eigenvalue weighted by Crippen LogP contribution is 2.34. The van der Waals surface area contributed by atoms with Crippen LogP contribution in [0.4, 0.5) is 11.6 Å². The molecule has 0 aliphatic rings. The number of para-hydroxylation sites is 2. The molecule has 13 nitrogen and oxygen atoms in total. The second kappa shape index (κ2) is 15.0. The van der Waals surface area contributed by atoms with Crippen molar-refractivity contribution in [3.05, 3.63) is 43.0 Å². The molecule has 0 radical (unpaired) electrons. The van der Waals surface area contributed by atoms with E-state index >= 15 is 0 Å². The Morgan fingerprint density at radius 2 is 1.95 bits per heavy atom. The Balaban J connectivity index is 1.43. The normalized spacial score (nSPS) is 12.2. The minimum atomic E-state index is -2.48. The number of imidazole rings is 1. The average molecular weight is 562 g/mol. The van der Waals surface area contributed by atoms with Crippen LogP contribution in [0.5, 0.6) is 11.6 Å². The van der Waals surface area contributed by atoms with Gasteiger partial charge in [-0.25, -0.2) is 19.3 Å². The maximum absolute atomic E-state index is 12.4. The van der Waals surface area contributed by atoms with Crippen LogP contribution in [0.3, 0.4) is 0 Å². The Hall–Kier alpha value is -3.80. The van der Waals surface area contributed by atoms with Gasteiger partial charge in [-0.1, -0.05) is 26.0 Å². The van der Waals surface area contributed by atoms with Crippen molar-refractivity contribution in [3.8, 4) is 22.9 Å². The monoisotopic (exact) mass is 561 g/mol. The van der Waals surface area contributed by atoms with Gasteiger partial charge in [0.25, 0.3) is 0 Å². The highest BCUT2D eigenvalue weighted by molar-refractivity contribution is 7.33. The van der Waals surface area contributed by atoms with E-state index in [2.05, 4.69) is 20.3 Å². The van der Waals surface area contributed by atoms with Crippen LogP contribution in [-0.2, 0) is 30.1 Å². The third-order valence-corrected chi connectivity index (χ3v) is 6.26. The van der Waals surface area contributed by atoms with Crippen LogP contribution >= 0.6 is 8.25 Å². The highest BCUT2D eigenvalue weighted by atomic mass is 31.1. The number of hydrogen-bond acceptors (Lipinski definition) is 12. The van der Waals surface area contributed by atoms with E-state index in [0.717, 1.165) is 12.8 Å². The maximum Gasteiger partial charge on any atom is 0.750 e. The topological polar surface area (TPSA) is 162 Å². The molecule has 2 aromatic heterocycles. The molecule has 3 aromatic rings. The minimum absolute atomic E-state index is 0.0319. The Bertz CT molecular complexity index is 1240. The first-order valence-corrected chi connectivity index (χ1v) is 13.5. The summed E-state index contributed by atoms with van der Waals surface area (Å²) in [5.74, 6) is 0.336. The van der Waals surface area contributed by atoms with Gasteiger partial charge >= 0.3 is 14.2 Å². The number of nitrogens with zero attached hydrogens (tertiary/aromatic N) is 4. The summed E-state index contributed by atoms with van der Waals surface area (Å²) in [6.45, 7) is 6.00. The molecule has 3 rings (SSSR count). The molecule has 3 N–H and O–H groups in total. The number of nitrogen functional groups attached to an aromatic ring is 1. The molecule has 0 fully saturated rings. The molecule has 0 aliphatic heterocycles. The summed E-state index contributed by atoms with van der Waals surface area (Å²) in [4.78, 5) is 24.7. The van der Waals surface area contributed by atoms with Crippen molar-refractivity contribution >= 4 is 25.9 Å². The van der Waals surface area contributed by atoms with Crippen LogP contribution in [0.2, 0.25) is 0 Å². The van der Waals surface area contributed by atoms with Crippen LogP contribution in [0.1, 0.15) is 33.6 Å². The zero-order chi connectivity index (χ0) is 28.2. The van der Waals surface area contributed by atoms with Crippen molar-refractivity contribution in [2.24, 2.45) is 0 Å². The van der Waals surface area contributed by atoms with Crippen LogP contribution in [0, 0.1) is 0 Å². The van der Waals surface area contributed by atoms with Crippen molar-refractivity contribution in [2.45, 2.75) is 52.5 Å². The van der Waals surface area contributed by atoms with Crippen molar-refractivity contribution in [1.29, 1.82) is 0 Å². The lowest BCUT2D eigenvalue weighted by molar-refractivity contribution is -0.149. The van der Waals surface area contributed by atoms with E-state index in [0.29, 0.717) is 22.8 Å². The van der Waals surface area contributed by atoms with E-state index in [-0.39, 0.29) is 43.7 Å². The van der Waals surface area contributed by atoms with Gasteiger partial charge in [0, 0.05) is 17.0 Å². The third kappa shape index (κ3) is 8.88. The first-order chi connectivity index (χ1) is 18.8. The van der Waals surface area contributed by atoms with Gasteiger partial charge in [0.15, 0.2) is 0 Å². The van der Waals surface area contributed by atoms with Gasteiger partial charge in [-0.15, -0.1) is 4.52 Å². The number of benzene rings is 1. The van der Waals surface area contributed by atoms with E-state index in [1.54, 1.807) is 48.3 Å². The standard InChI is InChI=1S/C25H34N6O7P/c1-5-18(6-2)37-24(32)17(3)29-20-9-7-8-10-22(20)38-39(33)36-12-11-35-16-31-14-21(28-15-31)19-13-27-25(26)30-23(19)34-4/h7-10,13-15,17-18,29H,5-6,11-12,16H2,1-4H3,(H2,26,27,30)/q+1. The molecule has 210 valence electrons. The van der Waals surface area contributed by atoms with Gasteiger partial charge in [-0.3, -0.25) is 0 Å². The Morgan fingerprint density at radius 3 is 2.69 bits per heavy atom. The SMILES string of the molecule is CCC(CC)OC(=O)C(C)Nc1ccccc1O[P+](=O)OCCOCn1cnc(-c2cnc(N)nc2OC)c1. The van der Waals surface area contributed by atoms with Crippen molar-refractivity contribution in [2.75, 3.05) is 31.4 Å².